The van der Waals surface area contributed by atoms with E-state index < -0.39 is 0 Å². The highest BCUT2D eigenvalue weighted by Gasteiger charge is 2.36. The Bertz CT molecular complexity index is 584. The Morgan fingerprint density at radius 1 is 1.35 bits per heavy atom. The molecule has 3 rings (SSSR count). The molecule has 1 fully saturated rings. The van der Waals surface area contributed by atoms with Crippen molar-refractivity contribution in [2.24, 2.45) is 0 Å². The van der Waals surface area contributed by atoms with Crippen molar-refractivity contribution in [3.05, 3.63) is 35.4 Å². The van der Waals surface area contributed by atoms with E-state index in [1.807, 2.05) is 30.5 Å². The molecule has 5 heteroatoms. The highest BCUT2D eigenvalue weighted by atomic mass is 32.2. The van der Waals surface area contributed by atoms with E-state index in [1.54, 1.807) is 16.7 Å². The van der Waals surface area contributed by atoms with Crippen LogP contribution in [0.15, 0.2) is 24.3 Å². The van der Waals surface area contributed by atoms with Crippen LogP contribution in [0.25, 0.3) is 0 Å². The zero-order chi connectivity index (χ0) is 16.2. The van der Waals surface area contributed by atoms with Crippen LogP contribution in [0.1, 0.15) is 48.0 Å². The Kier molecular flexibility index (Phi) is 5.26. The molecule has 1 aromatic carbocycles. The zero-order valence-electron chi connectivity index (χ0n) is 13.6. The lowest BCUT2D eigenvalue weighted by Gasteiger charge is -2.28. The van der Waals surface area contributed by atoms with Crippen molar-refractivity contribution in [3.8, 4) is 0 Å². The van der Waals surface area contributed by atoms with Crippen LogP contribution in [0.2, 0.25) is 0 Å². The normalized spacial score (nSPS) is 19.0. The van der Waals surface area contributed by atoms with E-state index >= 15 is 0 Å². The summed E-state index contributed by atoms with van der Waals surface area (Å²) in [5.74, 6) is 0.892. The first-order valence-electron chi connectivity index (χ1n) is 8.39. The molecule has 1 aromatic rings. The second kappa shape index (κ2) is 7.39. The number of carbonyl (C=O) groups excluding carboxylic acids is 2. The number of benzene rings is 1. The summed E-state index contributed by atoms with van der Waals surface area (Å²) >= 11 is 1.72. The molecule has 4 nitrogen and oxygen atoms in total. The van der Waals surface area contributed by atoms with Crippen LogP contribution in [0.3, 0.4) is 0 Å². The molecule has 124 valence electrons. The highest BCUT2D eigenvalue weighted by molar-refractivity contribution is 7.98. The van der Waals surface area contributed by atoms with Gasteiger partial charge in [0.2, 0.25) is 5.91 Å². The summed E-state index contributed by atoms with van der Waals surface area (Å²) in [5.41, 5.74) is 1.77. The number of thioether (sulfide) groups is 1. The number of fused-ring (bicyclic) bond motifs is 1. The Morgan fingerprint density at radius 3 is 2.78 bits per heavy atom. The average Bonchev–Trinajstić information content (AvgIpc) is 3.17. The summed E-state index contributed by atoms with van der Waals surface area (Å²) in [6, 6.07) is 7.61. The van der Waals surface area contributed by atoms with E-state index in [4.69, 9.17) is 0 Å². The lowest BCUT2D eigenvalue weighted by Crippen LogP contribution is -2.49. The quantitative estimate of drug-likeness (QED) is 0.871. The van der Waals surface area contributed by atoms with E-state index in [9.17, 15) is 9.59 Å². The van der Waals surface area contributed by atoms with Crippen LogP contribution in [0, 0.1) is 0 Å². The number of nitrogens with one attached hydrogen (secondary N) is 1. The van der Waals surface area contributed by atoms with Crippen LogP contribution in [-0.4, -0.2) is 40.8 Å². The van der Waals surface area contributed by atoms with E-state index in [-0.39, 0.29) is 17.9 Å². The van der Waals surface area contributed by atoms with Gasteiger partial charge >= 0.3 is 0 Å². The molecule has 23 heavy (non-hydrogen) atoms. The summed E-state index contributed by atoms with van der Waals surface area (Å²) in [6.07, 6.45) is 7.25. The maximum absolute atomic E-state index is 12.8. The summed E-state index contributed by atoms with van der Waals surface area (Å²) in [6.45, 7) is 0.548. The van der Waals surface area contributed by atoms with Gasteiger partial charge in [-0.25, -0.2) is 0 Å². The molecule has 0 saturated heterocycles. The van der Waals surface area contributed by atoms with Crippen LogP contribution in [0.5, 0.6) is 0 Å². The molecule has 2 amide bonds. The molecular formula is C18H24N2O2S. The SMILES string of the molecule is CSCC[C@@H](C(=O)NC1CCCC1)N1Cc2ccccc2C1=O. The Balaban J connectivity index is 1.74. The van der Waals surface area contributed by atoms with Crippen molar-refractivity contribution in [3.63, 3.8) is 0 Å². The fourth-order valence-electron chi connectivity index (χ4n) is 3.55. The fraction of sp³-hybridized carbons (Fsp3) is 0.556. The summed E-state index contributed by atoms with van der Waals surface area (Å²) in [5, 5.41) is 3.17. The van der Waals surface area contributed by atoms with Crippen molar-refractivity contribution in [2.45, 2.75) is 50.7 Å². The first-order valence-corrected chi connectivity index (χ1v) is 9.78. The van der Waals surface area contributed by atoms with Crippen LogP contribution in [-0.2, 0) is 11.3 Å². The standard InChI is InChI=1S/C18H24N2O2S/c1-23-11-10-16(17(21)19-14-7-3-4-8-14)20-12-13-6-2-5-9-15(13)18(20)22/h2,5-6,9,14,16H,3-4,7-8,10-12H2,1H3,(H,19,21)/t16-/m0/s1. The van der Waals surface area contributed by atoms with Gasteiger partial charge in [-0.1, -0.05) is 31.0 Å². The predicted molar refractivity (Wildman–Crippen MR) is 93.5 cm³/mol. The molecule has 0 bridgehead atoms. The van der Waals surface area contributed by atoms with Gasteiger partial charge in [-0.15, -0.1) is 0 Å². The smallest absolute Gasteiger partial charge is 0.255 e. The molecule has 0 aromatic heterocycles. The van der Waals surface area contributed by atoms with Crippen molar-refractivity contribution < 1.29 is 9.59 Å². The Labute approximate surface area is 142 Å². The van der Waals surface area contributed by atoms with Gasteiger partial charge in [-0.05, 0) is 42.9 Å². The molecule has 1 aliphatic carbocycles. The molecule has 1 N–H and O–H groups in total. The van der Waals surface area contributed by atoms with Crippen molar-refractivity contribution in [2.75, 3.05) is 12.0 Å². The molecule has 0 spiro atoms. The van der Waals surface area contributed by atoms with Crippen LogP contribution in [0.4, 0.5) is 0 Å². The molecule has 1 saturated carbocycles. The van der Waals surface area contributed by atoms with E-state index in [1.165, 1.54) is 12.8 Å². The molecule has 0 radical (unpaired) electrons. The molecule has 0 unspecified atom stereocenters. The maximum Gasteiger partial charge on any atom is 0.255 e. The van der Waals surface area contributed by atoms with E-state index in [2.05, 4.69) is 5.32 Å². The lowest BCUT2D eigenvalue weighted by molar-refractivity contribution is -0.126. The molecule has 1 atom stereocenters. The number of hydrogen-bond acceptors (Lipinski definition) is 3. The van der Waals surface area contributed by atoms with Crippen molar-refractivity contribution in [1.82, 2.24) is 10.2 Å². The third-order valence-corrected chi connectivity index (χ3v) is 5.47. The summed E-state index contributed by atoms with van der Waals surface area (Å²) < 4.78 is 0. The van der Waals surface area contributed by atoms with Gasteiger partial charge in [0.05, 0.1) is 0 Å². The minimum absolute atomic E-state index is 0.00623. The second-order valence-electron chi connectivity index (χ2n) is 6.38. The van der Waals surface area contributed by atoms with Gasteiger partial charge in [0.25, 0.3) is 5.91 Å². The zero-order valence-corrected chi connectivity index (χ0v) is 14.4. The van der Waals surface area contributed by atoms with Crippen molar-refractivity contribution >= 4 is 23.6 Å². The van der Waals surface area contributed by atoms with E-state index in [0.29, 0.717) is 19.0 Å². The predicted octanol–water partition coefficient (Wildman–Crippen LogP) is 2.82. The van der Waals surface area contributed by atoms with Gasteiger partial charge in [-0.2, -0.15) is 11.8 Å². The van der Waals surface area contributed by atoms with Crippen LogP contribution < -0.4 is 5.32 Å². The number of amides is 2. The Hall–Kier alpha value is -1.49. The fourth-order valence-corrected chi connectivity index (χ4v) is 4.01. The lowest BCUT2D eigenvalue weighted by atomic mass is 10.1. The highest BCUT2D eigenvalue weighted by Crippen LogP contribution is 2.26. The first-order chi connectivity index (χ1) is 11.2. The molecular weight excluding hydrogens is 308 g/mol. The van der Waals surface area contributed by atoms with Gasteiger partial charge in [0.1, 0.15) is 6.04 Å². The van der Waals surface area contributed by atoms with Gasteiger partial charge < -0.3 is 10.2 Å². The van der Waals surface area contributed by atoms with Crippen molar-refractivity contribution in [1.29, 1.82) is 0 Å². The minimum Gasteiger partial charge on any atom is -0.352 e. The van der Waals surface area contributed by atoms with Gasteiger partial charge in [-0.3, -0.25) is 9.59 Å². The van der Waals surface area contributed by atoms with Gasteiger partial charge in [0.15, 0.2) is 0 Å². The number of hydrogen-bond donors (Lipinski definition) is 1. The number of nitrogens with zero attached hydrogens (tertiary/aromatic N) is 1. The van der Waals surface area contributed by atoms with E-state index in [0.717, 1.165) is 29.7 Å². The first kappa shape index (κ1) is 16.4. The van der Waals surface area contributed by atoms with Crippen LogP contribution >= 0.6 is 11.8 Å². The Morgan fingerprint density at radius 2 is 2.09 bits per heavy atom. The summed E-state index contributed by atoms with van der Waals surface area (Å²) in [7, 11) is 0. The number of carbonyl (C=O) groups is 2. The molecule has 1 aliphatic heterocycles. The number of rotatable bonds is 6. The largest absolute Gasteiger partial charge is 0.352 e. The third kappa shape index (κ3) is 3.55. The second-order valence-corrected chi connectivity index (χ2v) is 7.36. The summed E-state index contributed by atoms with van der Waals surface area (Å²) in [4.78, 5) is 27.2. The molecule has 2 aliphatic rings. The molecule has 1 heterocycles. The third-order valence-electron chi connectivity index (χ3n) is 4.83. The average molecular weight is 332 g/mol. The maximum atomic E-state index is 12.8. The minimum atomic E-state index is -0.358. The van der Waals surface area contributed by atoms with Gasteiger partial charge in [0, 0.05) is 18.2 Å². The monoisotopic (exact) mass is 332 g/mol. The topological polar surface area (TPSA) is 49.4 Å².